The minimum Gasteiger partial charge on any atom is -0.326 e. The van der Waals surface area contributed by atoms with Crippen LogP contribution in [0.5, 0.6) is 0 Å². The first-order valence-electron chi connectivity index (χ1n) is 10.2. The number of unbranched alkanes of at least 4 members (excludes halogenated alkanes) is 2. The Kier molecular flexibility index (Phi) is 6.69. The fourth-order valence-electron chi connectivity index (χ4n) is 4.25. The van der Waals surface area contributed by atoms with Crippen molar-refractivity contribution in [3.63, 3.8) is 0 Å². The van der Waals surface area contributed by atoms with Crippen molar-refractivity contribution in [2.45, 2.75) is 70.8 Å². The van der Waals surface area contributed by atoms with Crippen LogP contribution >= 0.6 is 0 Å². The molecule has 0 amide bonds. The third-order valence-electron chi connectivity index (χ3n) is 5.97. The van der Waals surface area contributed by atoms with Crippen LogP contribution in [0.1, 0.15) is 75.3 Å². The van der Waals surface area contributed by atoms with E-state index in [2.05, 4.69) is 55.5 Å². The van der Waals surface area contributed by atoms with Gasteiger partial charge in [-0.3, -0.25) is 0 Å². The van der Waals surface area contributed by atoms with Gasteiger partial charge in [0.25, 0.3) is 0 Å². The minimum atomic E-state index is 0.611. The van der Waals surface area contributed by atoms with Crippen LogP contribution in [0, 0.1) is 5.92 Å². The van der Waals surface area contributed by atoms with Crippen LogP contribution in [0.4, 0.5) is 0 Å². The van der Waals surface area contributed by atoms with Gasteiger partial charge in [-0.15, -0.1) is 0 Å². The SMILES string of the molecule is CCCCCC1CCC(c2ccc(-c3ccc(CN)cc3)cc2)CC1. The lowest BCUT2D eigenvalue weighted by molar-refractivity contribution is 0.303. The molecule has 0 saturated heterocycles. The lowest BCUT2D eigenvalue weighted by Gasteiger charge is -2.29. The standard InChI is InChI=1S/C24H33N/c1-2-3-4-5-19-6-10-21(11-7-19)23-14-16-24(17-15-23)22-12-8-20(18-25)9-13-22/h8-9,12-17,19,21H,2-7,10-11,18,25H2,1H3. The molecule has 0 spiro atoms. The molecule has 0 unspecified atom stereocenters. The number of hydrogen-bond donors (Lipinski definition) is 1. The van der Waals surface area contributed by atoms with Gasteiger partial charge >= 0.3 is 0 Å². The van der Waals surface area contributed by atoms with E-state index in [0.29, 0.717) is 6.54 Å². The molecule has 134 valence electrons. The smallest absolute Gasteiger partial charge is 0.0178 e. The molecular weight excluding hydrogens is 302 g/mol. The molecule has 1 saturated carbocycles. The summed E-state index contributed by atoms with van der Waals surface area (Å²) in [6, 6.07) is 17.9. The highest BCUT2D eigenvalue weighted by Crippen LogP contribution is 2.38. The predicted octanol–water partition coefficient (Wildman–Crippen LogP) is 6.67. The second-order valence-corrected chi connectivity index (χ2v) is 7.74. The highest BCUT2D eigenvalue weighted by atomic mass is 14.5. The zero-order valence-electron chi connectivity index (χ0n) is 15.7. The monoisotopic (exact) mass is 335 g/mol. The van der Waals surface area contributed by atoms with Gasteiger partial charge in [0.1, 0.15) is 0 Å². The Labute approximate surface area is 153 Å². The Bertz CT molecular complexity index is 618. The van der Waals surface area contributed by atoms with E-state index in [9.17, 15) is 0 Å². The molecule has 1 aliphatic carbocycles. The Morgan fingerprint density at radius 1 is 0.800 bits per heavy atom. The van der Waals surface area contributed by atoms with E-state index in [1.807, 2.05) is 0 Å². The molecule has 0 heterocycles. The molecule has 0 radical (unpaired) electrons. The molecule has 1 nitrogen and oxygen atoms in total. The largest absolute Gasteiger partial charge is 0.326 e. The van der Waals surface area contributed by atoms with Crippen molar-refractivity contribution in [1.82, 2.24) is 0 Å². The first kappa shape index (κ1) is 18.2. The second kappa shape index (κ2) is 9.20. The molecule has 1 fully saturated rings. The molecule has 0 bridgehead atoms. The molecule has 0 aromatic heterocycles. The maximum absolute atomic E-state index is 5.68. The first-order valence-corrected chi connectivity index (χ1v) is 10.2. The lowest BCUT2D eigenvalue weighted by atomic mass is 9.77. The van der Waals surface area contributed by atoms with Gasteiger partial charge in [0.2, 0.25) is 0 Å². The van der Waals surface area contributed by atoms with Crippen molar-refractivity contribution in [3.8, 4) is 11.1 Å². The van der Waals surface area contributed by atoms with E-state index in [0.717, 1.165) is 11.8 Å². The van der Waals surface area contributed by atoms with Crippen LogP contribution in [0.3, 0.4) is 0 Å². The number of rotatable bonds is 7. The van der Waals surface area contributed by atoms with Gasteiger partial charge in [0.05, 0.1) is 0 Å². The van der Waals surface area contributed by atoms with Gasteiger partial charge in [-0.05, 0) is 59.8 Å². The summed E-state index contributed by atoms with van der Waals surface area (Å²) in [6.45, 7) is 2.91. The average molecular weight is 336 g/mol. The van der Waals surface area contributed by atoms with Crippen molar-refractivity contribution in [3.05, 3.63) is 59.7 Å². The number of hydrogen-bond acceptors (Lipinski definition) is 1. The number of benzene rings is 2. The van der Waals surface area contributed by atoms with Crippen molar-refractivity contribution >= 4 is 0 Å². The van der Waals surface area contributed by atoms with Gasteiger partial charge < -0.3 is 5.73 Å². The predicted molar refractivity (Wildman–Crippen MR) is 109 cm³/mol. The van der Waals surface area contributed by atoms with Gasteiger partial charge in [0, 0.05) is 6.54 Å². The minimum absolute atomic E-state index is 0.611. The van der Waals surface area contributed by atoms with E-state index < -0.39 is 0 Å². The summed E-state index contributed by atoms with van der Waals surface area (Å²) in [4.78, 5) is 0. The summed E-state index contributed by atoms with van der Waals surface area (Å²) in [7, 11) is 0. The highest BCUT2D eigenvalue weighted by Gasteiger charge is 2.21. The van der Waals surface area contributed by atoms with E-state index in [4.69, 9.17) is 5.73 Å². The Balaban J connectivity index is 1.56. The Hall–Kier alpha value is -1.60. The van der Waals surface area contributed by atoms with Crippen molar-refractivity contribution < 1.29 is 0 Å². The Morgan fingerprint density at radius 3 is 1.96 bits per heavy atom. The summed E-state index contributed by atoms with van der Waals surface area (Å²) in [5, 5.41) is 0. The average Bonchev–Trinajstić information content (AvgIpc) is 2.69. The third-order valence-corrected chi connectivity index (χ3v) is 5.97. The van der Waals surface area contributed by atoms with Gasteiger partial charge in [-0.25, -0.2) is 0 Å². The Morgan fingerprint density at radius 2 is 1.40 bits per heavy atom. The topological polar surface area (TPSA) is 26.0 Å². The summed E-state index contributed by atoms with van der Waals surface area (Å²) >= 11 is 0. The summed E-state index contributed by atoms with van der Waals surface area (Å²) in [5.41, 5.74) is 11.0. The van der Waals surface area contributed by atoms with Gasteiger partial charge in [-0.2, -0.15) is 0 Å². The summed E-state index contributed by atoms with van der Waals surface area (Å²) in [5.74, 6) is 1.76. The fourth-order valence-corrected chi connectivity index (χ4v) is 4.25. The molecular formula is C24H33N. The van der Waals surface area contributed by atoms with Crippen LogP contribution in [0.15, 0.2) is 48.5 Å². The van der Waals surface area contributed by atoms with E-state index in [1.54, 1.807) is 0 Å². The summed E-state index contributed by atoms with van der Waals surface area (Å²) in [6.07, 6.45) is 11.3. The van der Waals surface area contributed by atoms with Crippen molar-refractivity contribution in [2.24, 2.45) is 11.7 Å². The molecule has 1 heteroatoms. The van der Waals surface area contributed by atoms with Crippen molar-refractivity contribution in [1.29, 1.82) is 0 Å². The van der Waals surface area contributed by atoms with Crippen LogP contribution < -0.4 is 5.73 Å². The quantitative estimate of drug-likeness (QED) is 0.562. The summed E-state index contributed by atoms with van der Waals surface area (Å²) < 4.78 is 0. The van der Waals surface area contributed by atoms with Crippen LogP contribution in [0.25, 0.3) is 11.1 Å². The second-order valence-electron chi connectivity index (χ2n) is 7.74. The number of nitrogens with two attached hydrogens (primary N) is 1. The maximum Gasteiger partial charge on any atom is 0.0178 e. The van der Waals surface area contributed by atoms with E-state index >= 15 is 0 Å². The molecule has 2 aromatic rings. The molecule has 0 aliphatic heterocycles. The highest BCUT2D eigenvalue weighted by molar-refractivity contribution is 5.64. The zero-order chi connectivity index (χ0) is 17.5. The third kappa shape index (κ3) is 4.95. The van der Waals surface area contributed by atoms with Crippen LogP contribution in [-0.4, -0.2) is 0 Å². The molecule has 25 heavy (non-hydrogen) atoms. The molecule has 0 atom stereocenters. The van der Waals surface area contributed by atoms with E-state index in [-0.39, 0.29) is 0 Å². The normalized spacial score (nSPS) is 20.6. The van der Waals surface area contributed by atoms with Crippen molar-refractivity contribution in [2.75, 3.05) is 0 Å². The molecule has 2 aromatic carbocycles. The van der Waals surface area contributed by atoms with E-state index in [1.165, 1.54) is 73.6 Å². The van der Waals surface area contributed by atoms with Gasteiger partial charge in [-0.1, -0.05) is 81.1 Å². The fraction of sp³-hybridized carbons (Fsp3) is 0.500. The first-order chi connectivity index (χ1) is 12.3. The van der Waals surface area contributed by atoms with Gasteiger partial charge in [0.15, 0.2) is 0 Å². The van der Waals surface area contributed by atoms with Crippen LogP contribution in [0.2, 0.25) is 0 Å². The maximum atomic E-state index is 5.68. The lowest BCUT2D eigenvalue weighted by Crippen LogP contribution is -2.13. The molecule has 2 N–H and O–H groups in total. The van der Waals surface area contributed by atoms with Crippen LogP contribution in [-0.2, 0) is 6.54 Å². The molecule has 1 aliphatic rings. The molecule has 3 rings (SSSR count). The zero-order valence-corrected chi connectivity index (χ0v) is 15.7.